The Morgan fingerprint density at radius 1 is 0.972 bits per heavy atom. The van der Waals surface area contributed by atoms with E-state index in [0.717, 1.165) is 31.2 Å². The zero-order valence-corrected chi connectivity index (χ0v) is 19.9. The van der Waals surface area contributed by atoms with Crippen LogP contribution in [-0.2, 0) is 4.74 Å². The number of urea groups is 1. The van der Waals surface area contributed by atoms with Crippen molar-refractivity contribution in [3.63, 3.8) is 0 Å². The number of esters is 1. The van der Waals surface area contributed by atoms with Crippen molar-refractivity contribution < 1.29 is 14.3 Å². The fourth-order valence-electron chi connectivity index (χ4n) is 4.85. The summed E-state index contributed by atoms with van der Waals surface area (Å²) in [5.74, 6) is 0.0161. The van der Waals surface area contributed by atoms with E-state index in [2.05, 4.69) is 20.3 Å². The Bertz CT molecular complexity index is 1470. The van der Waals surface area contributed by atoms with Crippen LogP contribution in [0.1, 0.15) is 48.5 Å². The van der Waals surface area contributed by atoms with E-state index in [0.29, 0.717) is 22.6 Å². The van der Waals surface area contributed by atoms with Gasteiger partial charge in [0.05, 0.1) is 35.3 Å². The van der Waals surface area contributed by atoms with Gasteiger partial charge in [0.1, 0.15) is 0 Å². The highest BCUT2D eigenvalue weighted by atomic mass is 16.5. The van der Waals surface area contributed by atoms with Crippen LogP contribution < -0.4 is 16.2 Å². The molecule has 0 atom stereocenters. The topological polar surface area (TPSA) is 107 Å². The first-order chi connectivity index (χ1) is 17.6. The van der Waals surface area contributed by atoms with Gasteiger partial charge in [-0.3, -0.25) is 9.48 Å². The fourth-order valence-corrected chi connectivity index (χ4v) is 4.85. The van der Waals surface area contributed by atoms with Crippen molar-refractivity contribution in [2.75, 3.05) is 17.7 Å². The maximum Gasteiger partial charge on any atom is 0.339 e. The number of nitrogens with one attached hydrogen (secondary N) is 2. The van der Waals surface area contributed by atoms with Crippen LogP contribution in [0.5, 0.6) is 0 Å². The molecule has 1 aliphatic rings. The summed E-state index contributed by atoms with van der Waals surface area (Å²) in [4.78, 5) is 42.8. The van der Waals surface area contributed by atoms with Gasteiger partial charge in [-0.25, -0.2) is 14.6 Å². The number of ether oxygens (including phenoxy) is 1. The first kappa shape index (κ1) is 23.3. The molecule has 0 saturated heterocycles. The second-order valence-electron chi connectivity index (χ2n) is 8.79. The molecule has 0 radical (unpaired) electrons. The molecule has 2 N–H and O–H groups in total. The molecule has 36 heavy (non-hydrogen) atoms. The molecule has 1 saturated carbocycles. The number of hydrogen-bond acceptors (Lipinski definition) is 5. The number of carbonyl (C=O) groups excluding carboxylic acids is 2. The van der Waals surface area contributed by atoms with Crippen molar-refractivity contribution in [1.82, 2.24) is 14.3 Å². The number of hydrogen-bond donors (Lipinski definition) is 2. The van der Waals surface area contributed by atoms with Crippen LogP contribution in [0.15, 0.2) is 71.7 Å². The second kappa shape index (κ2) is 10.1. The van der Waals surface area contributed by atoms with Crippen molar-refractivity contribution in [3.8, 4) is 5.82 Å². The molecule has 0 unspecified atom stereocenters. The summed E-state index contributed by atoms with van der Waals surface area (Å²) >= 11 is 0. The van der Waals surface area contributed by atoms with Gasteiger partial charge in [-0.1, -0.05) is 37.5 Å². The molecule has 1 aliphatic carbocycles. The Balaban J connectivity index is 1.49. The highest BCUT2D eigenvalue weighted by Crippen LogP contribution is 2.32. The van der Waals surface area contributed by atoms with E-state index < -0.39 is 12.0 Å². The van der Waals surface area contributed by atoms with Crippen molar-refractivity contribution in [2.45, 2.75) is 38.1 Å². The van der Waals surface area contributed by atoms with Gasteiger partial charge in [0, 0.05) is 11.9 Å². The van der Waals surface area contributed by atoms with E-state index in [1.165, 1.54) is 13.5 Å². The predicted octanol–water partition coefficient (Wildman–Crippen LogP) is 5.12. The minimum atomic E-state index is -0.550. The first-order valence-corrected chi connectivity index (χ1v) is 12.0. The molecule has 2 heterocycles. The molecule has 2 aromatic heterocycles. The number of carbonyl (C=O) groups is 2. The number of rotatable bonds is 5. The lowest BCUT2D eigenvalue weighted by atomic mass is 9.95. The Labute approximate surface area is 207 Å². The Hall–Kier alpha value is -4.40. The second-order valence-corrected chi connectivity index (χ2v) is 8.79. The zero-order chi connectivity index (χ0) is 25.1. The van der Waals surface area contributed by atoms with E-state index >= 15 is 0 Å². The largest absolute Gasteiger partial charge is 0.465 e. The van der Waals surface area contributed by atoms with Gasteiger partial charge < -0.3 is 15.4 Å². The fraction of sp³-hybridized carbons (Fsp3) is 0.259. The van der Waals surface area contributed by atoms with E-state index in [9.17, 15) is 14.4 Å². The number of nitrogens with zero attached hydrogens (tertiary/aromatic N) is 3. The summed E-state index contributed by atoms with van der Waals surface area (Å²) in [5, 5.41) is 5.95. The Morgan fingerprint density at radius 3 is 2.50 bits per heavy atom. The van der Waals surface area contributed by atoms with Gasteiger partial charge in [0.2, 0.25) is 0 Å². The van der Waals surface area contributed by atoms with Crippen LogP contribution in [0.3, 0.4) is 0 Å². The number of pyridine rings is 1. The van der Waals surface area contributed by atoms with Crippen molar-refractivity contribution in [1.29, 1.82) is 0 Å². The van der Waals surface area contributed by atoms with Gasteiger partial charge >= 0.3 is 12.0 Å². The van der Waals surface area contributed by atoms with E-state index in [-0.39, 0.29) is 17.2 Å². The average Bonchev–Trinajstić information content (AvgIpc) is 3.21. The molecule has 9 nitrogen and oxygen atoms in total. The highest BCUT2D eigenvalue weighted by molar-refractivity contribution is 6.05. The van der Waals surface area contributed by atoms with Crippen LogP contribution in [0, 0.1) is 0 Å². The number of aromatic nitrogens is 3. The lowest BCUT2D eigenvalue weighted by Gasteiger charge is -2.26. The molecule has 4 aromatic rings. The normalized spacial score (nSPS) is 13.9. The summed E-state index contributed by atoms with van der Waals surface area (Å²) in [6.45, 7) is 0. The maximum absolute atomic E-state index is 13.6. The summed E-state index contributed by atoms with van der Waals surface area (Å²) < 4.78 is 8.50. The summed E-state index contributed by atoms with van der Waals surface area (Å²) in [6, 6.07) is 17.1. The van der Waals surface area contributed by atoms with Crippen LogP contribution in [0.2, 0.25) is 0 Å². The molecule has 0 bridgehead atoms. The quantitative estimate of drug-likeness (QED) is 0.382. The third-order valence-corrected chi connectivity index (χ3v) is 6.51. The SMILES string of the molecule is COC(=O)c1ccccc1NC(=O)Nc1ccc2c(c1)c(=O)n(-c1ccccn1)n2C1CCCCC1. The maximum atomic E-state index is 13.6. The molecule has 184 valence electrons. The predicted molar refractivity (Wildman–Crippen MR) is 138 cm³/mol. The molecule has 9 heteroatoms. The minimum absolute atomic E-state index is 0.186. The Kier molecular flexibility index (Phi) is 6.53. The van der Waals surface area contributed by atoms with Crippen LogP contribution in [0.25, 0.3) is 16.7 Å². The first-order valence-electron chi connectivity index (χ1n) is 12.0. The third kappa shape index (κ3) is 4.47. The molecule has 1 fully saturated rings. The Morgan fingerprint density at radius 2 is 1.75 bits per heavy atom. The average molecular weight is 486 g/mol. The monoisotopic (exact) mass is 485 g/mol. The molecule has 2 amide bonds. The standard InChI is InChI=1S/C27H27N5O4/c1-36-26(34)20-11-5-6-12-22(20)30-27(35)29-18-14-15-23-21(17-18)25(33)32(24-13-7-8-16-28-24)31(23)19-9-3-2-4-10-19/h5-8,11-17,19H,2-4,9-10H2,1H3,(H2,29,30,35). The lowest BCUT2D eigenvalue weighted by molar-refractivity contribution is 0.0602. The number of para-hydroxylation sites is 1. The minimum Gasteiger partial charge on any atom is -0.465 e. The molecule has 0 spiro atoms. The van der Waals surface area contributed by atoms with E-state index in [4.69, 9.17) is 4.74 Å². The van der Waals surface area contributed by atoms with Gasteiger partial charge in [-0.05, 0) is 55.3 Å². The molecule has 2 aromatic carbocycles. The smallest absolute Gasteiger partial charge is 0.339 e. The third-order valence-electron chi connectivity index (χ3n) is 6.51. The highest BCUT2D eigenvalue weighted by Gasteiger charge is 2.24. The molecular formula is C27H27N5O4. The van der Waals surface area contributed by atoms with Gasteiger partial charge in [0.25, 0.3) is 5.56 Å². The summed E-state index contributed by atoms with van der Waals surface area (Å²) in [7, 11) is 1.28. The van der Waals surface area contributed by atoms with Crippen molar-refractivity contribution >= 4 is 34.3 Å². The van der Waals surface area contributed by atoms with Crippen LogP contribution in [-0.4, -0.2) is 33.5 Å². The lowest BCUT2D eigenvalue weighted by Crippen LogP contribution is -2.26. The van der Waals surface area contributed by atoms with Crippen LogP contribution >= 0.6 is 0 Å². The van der Waals surface area contributed by atoms with Crippen molar-refractivity contribution in [2.24, 2.45) is 0 Å². The number of benzene rings is 2. The van der Waals surface area contributed by atoms with Crippen molar-refractivity contribution in [3.05, 3.63) is 82.8 Å². The number of anilines is 2. The van der Waals surface area contributed by atoms with Crippen LogP contribution in [0.4, 0.5) is 16.2 Å². The van der Waals surface area contributed by atoms with E-state index in [1.54, 1.807) is 47.3 Å². The molecule has 0 aliphatic heterocycles. The summed E-state index contributed by atoms with van der Waals surface area (Å²) in [5.41, 5.74) is 1.65. The molecule has 5 rings (SSSR count). The number of fused-ring (bicyclic) bond motifs is 1. The number of methoxy groups -OCH3 is 1. The van der Waals surface area contributed by atoms with Gasteiger partial charge in [-0.15, -0.1) is 0 Å². The van der Waals surface area contributed by atoms with Gasteiger partial charge in [-0.2, -0.15) is 4.68 Å². The number of amides is 2. The zero-order valence-electron chi connectivity index (χ0n) is 19.9. The summed E-state index contributed by atoms with van der Waals surface area (Å²) in [6.07, 6.45) is 7.11. The molecular weight excluding hydrogens is 458 g/mol. The van der Waals surface area contributed by atoms with E-state index in [1.807, 2.05) is 24.3 Å². The van der Waals surface area contributed by atoms with Gasteiger partial charge in [0.15, 0.2) is 5.82 Å².